The Balaban J connectivity index is 1.64. The lowest BCUT2D eigenvalue weighted by atomic mass is 10.1. The van der Waals surface area contributed by atoms with Crippen molar-refractivity contribution in [2.75, 3.05) is 0 Å². The molecule has 0 aliphatic rings. The lowest BCUT2D eigenvalue weighted by Gasteiger charge is -2.09. The summed E-state index contributed by atoms with van der Waals surface area (Å²) in [6.45, 7) is 1.64. The zero-order valence-corrected chi connectivity index (χ0v) is 19.0. The number of aliphatic imine (C=N–C) groups is 1. The SMILES string of the molecule is CC(=Nc1cccc(OC(F)(F)F)c1)c1c(-c2ccccc2)[nH]n(-c2nc3ccccc3s2)c1=O. The molecule has 5 aromatic rings. The fourth-order valence-corrected chi connectivity index (χ4v) is 4.60. The second-order valence-electron chi connectivity index (χ2n) is 7.57. The number of benzene rings is 3. The van der Waals surface area contributed by atoms with Crippen LogP contribution >= 0.6 is 11.3 Å². The number of halogens is 3. The van der Waals surface area contributed by atoms with Gasteiger partial charge >= 0.3 is 6.36 Å². The molecule has 0 saturated carbocycles. The molecule has 5 rings (SSSR count). The van der Waals surface area contributed by atoms with Crippen LogP contribution in [-0.2, 0) is 0 Å². The van der Waals surface area contributed by atoms with Gasteiger partial charge in [-0.3, -0.25) is 14.9 Å². The number of ether oxygens (including phenoxy) is 1. The first-order chi connectivity index (χ1) is 16.8. The summed E-state index contributed by atoms with van der Waals surface area (Å²) in [6.07, 6.45) is -4.82. The van der Waals surface area contributed by atoms with Crippen LogP contribution in [0.4, 0.5) is 18.9 Å². The van der Waals surface area contributed by atoms with E-state index < -0.39 is 12.1 Å². The Morgan fingerprint density at radius 3 is 2.51 bits per heavy atom. The molecule has 0 aliphatic carbocycles. The molecule has 3 aromatic carbocycles. The largest absolute Gasteiger partial charge is 0.573 e. The third-order valence-electron chi connectivity index (χ3n) is 5.14. The number of para-hydroxylation sites is 1. The monoisotopic (exact) mass is 494 g/mol. The average Bonchev–Trinajstić information content (AvgIpc) is 3.39. The van der Waals surface area contributed by atoms with Gasteiger partial charge in [0.15, 0.2) is 0 Å². The number of nitrogens with zero attached hydrogens (tertiary/aromatic N) is 3. The molecular weight excluding hydrogens is 477 g/mol. The highest BCUT2D eigenvalue weighted by atomic mass is 32.1. The quantitative estimate of drug-likeness (QED) is 0.284. The van der Waals surface area contributed by atoms with Crippen LogP contribution in [0.2, 0.25) is 0 Å². The number of aromatic nitrogens is 3. The maximum absolute atomic E-state index is 13.6. The van der Waals surface area contributed by atoms with Gasteiger partial charge in [-0.2, -0.15) is 4.68 Å². The van der Waals surface area contributed by atoms with E-state index in [1.54, 1.807) is 6.92 Å². The van der Waals surface area contributed by atoms with Crippen molar-refractivity contribution in [1.29, 1.82) is 0 Å². The molecule has 2 aromatic heterocycles. The van der Waals surface area contributed by atoms with E-state index in [2.05, 4.69) is 19.8 Å². The van der Waals surface area contributed by atoms with Gasteiger partial charge in [0.1, 0.15) is 5.75 Å². The van der Waals surface area contributed by atoms with E-state index in [-0.39, 0.29) is 16.8 Å². The van der Waals surface area contributed by atoms with Crippen molar-refractivity contribution >= 4 is 33.0 Å². The Morgan fingerprint density at radius 2 is 1.77 bits per heavy atom. The van der Waals surface area contributed by atoms with Crippen LogP contribution in [0.3, 0.4) is 0 Å². The summed E-state index contributed by atoms with van der Waals surface area (Å²) < 4.78 is 44.2. The third kappa shape index (κ3) is 4.73. The fourth-order valence-electron chi connectivity index (χ4n) is 3.68. The topological polar surface area (TPSA) is 72.3 Å². The van der Waals surface area contributed by atoms with Crippen LogP contribution in [0.1, 0.15) is 12.5 Å². The van der Waals surface area contributed by atoms with Gasteiger partial charge < -0.3 is 4.74 Å². The van der Waals surface area contributed by atoms with E-state index in [1.165, 1.54) is 34.2 Å². The fraction of sp³-hybridized carbons (Fsp3) is 0.0800. The number of H-pyrrole nitrogens is 1. The minimum Gasteiger partial charge on any atom is -0.406 e. The number of hydrogen-bond donors (Lipinski definition) is 1. The van der Waals surface area contributed by atoms with Crippen molar-refractivity contribution < 1.29 is 17.9 Å². The number of rotatable bonds is 5. The average molecular weight is 494 g/mol. The Morgan fingerprint density at radius 1 is 1.03 bits per heavy atom. The van der Waals surface area contributed by atoms with E-state index in [4.69, 9.17) is 0 Å². The second kappa shape index (κ2) is 8.88. The number of aromatic amines is 1. The van der Waals surface area contributed by atoms with Crippen LogP contribution in [0, 0.1) is 0 Å². The number of thiazole rings is 1. The summed E-state index contributed by atoms with van der Waals surface area (Å²) in [6, 6.07) is 22.1. The molecule has 0 unspecified atom stereocenters. The van der Waals surface area contributed by atoms with Crippen molar-refractivity contribution in [1.82, 2.24) is 14.8 Å². The zero-order valence-electron chi connectivity index (χ0n) is 18.2. The predicted octanol–water partition coefficient (Wildman–Crippen LogP) is 6.48. The van der Waals surface area contributed by atoms with E-state index in [1.807, 2.05) is 54.6 Å². The first kappa shape index (κ1) is 22.6. The molecule has 0 aliphatic heterocycles. The lowest BCUT2D eigenvalue weighted by Crippen LogP contribution is -2.19. The summed E-state index contributed by atoms with van der Waals surface area (Å²) >= 11 is 1.36. The normalized spacial score (nSPS) is 12.3. The summed E-state index contributed by atoms with van der Waals surface area (Å²) in [7, 11) is 0. The molecule has 2 heterocycles. The van der Waals surface area contributed by atoms with Crippen molar-refractivity contribution in [2.45, 2.75) is 13.3 Å². The molecule has 0 bridgehead atoms. The van der Waals surface area contributed by atoms with Gasteiger partial charge in [0.2, 0.25) is 5.13 Å². The molecule has 10 heteroatoms. The highest BCUT2D eigenvalue weighted by Gasteiger charge is 2.31. The first-order valence-electron chi connectivity index (χ1n) is 10.5. The minimum atomic E-state index is -4.82. The smallest absolute Gasteiger partial charge is 0.406 e. The van der Waals surface area contributed by atoms with Crippen LogP contribution in [0.5, 0.6) is 5.75 Å². The van der Waals surface area contributed by atoms with E-state index in [0.717, 1.165) is 21.8 Å². The highest BCUT2D eigenvalue weighted by molar-refractivity contribution is 7.20. The van der Waals surface area contributed by atoms with Crippen molar-refractivity contribution in [3.05, 3.63) is 94.8 Å². The van der Waals surface area contributed by atoms with E-state index >= 15 is 0 Å². The Bertz CT molecular complexity index is 1570. The predicted molar refractivity (Wildman–Crippen MR) is 130 cm³/mol. The molecule has 35 heavy (non-hydrogen) atoms. The summed E-state index contributed by atoms with van der Waals surface area (Å²) in [5, 5.41) is 3.62. The van der Waals surface area contributed by atoms with Crippen molar-refractivity contribution in [3.63, 3.8) is 0 Å². The molecule has 0 atom stereocenters. The summed E-state index contributed by atoms with van der Waals surface area (Å²) in [4.78, 5) is 22.6. The van der Waals surface area contributed by atoms with E-state index in [9.17, 15) is 18.0 Å². The van der Waals surface area contributed by atoms with Crippen LogP contribution in [-0.4, -0.2) is 26.8 Å². The molecule has 0 fully saturated rings. The third-order valence-corrected chi connectivity index (χ3v) is 6.16. The Labute approximate surface area is 201 Å². The van der Waals surface area contributed by atoms with Crippen LogP contribution in [0.15, 0.2) is 88.6 Å². The van der Waals surface area contributed by atoms with Gasteiger partial charge in [0.25, 0.3) is 5.56 Å². The summed E-state index contributed by atoms with van der Waals surface area (Å²) in [5.41, 5.74) is 2.51. The lowest BCUT2D eigenvalue weighted by molar-refractivity contribution is -0.274. The standard InChI is InChI=1S/C25H17F3N4O2S/c1-15(29-17-10-7-11-18(14-17)34-25(26,27)28)21-22(16-8-3-2-4-9-16)31-32(23(21)33)24-30-19-12-5-6-13-20(19)35-24/h2-14,31H,1H3. The molecule has 0 radical (unpaired) electrons. The van der Waals surface area contributed by atoms with Gasteiger partial charge in [-0.1, -0.05) is 59.9 Å². The maximum Gasteiger partial charge on any atom is 0.573 e. The highest BCUT2D eigenvalue weighted by Crippen LogP contribution is 2.29. The Hall–Kier alpha value is -4.18. The Kier molecular flexibility index (Phi) is 5.73. The van der Waals surface area contributed by atoms with Crippen molar-refractivity contribution in [2.24, 2.45) is 4.99 Å². The van der Waals surface area contributed by atoms with Gasteiger partial charge in [0.05, 0.1) is 32.9 Å². The zero-order chi connectivity index (χ0) is 24.6. The minimum absolute atomic E-state index is 0.218. The molecule has 0 amide bonds. The number of fused-ring (bicyclic) bond motifs is 1. The van der Waals surface area contributed by atoms with E-state index in [0.29, 0.717) is 16.5 Å². The molecular formula is C25H17F3N4O2S. The van der Waals surface area contributed by atoms with Crippen LogP contribution in [0.25, 0.3) is 26.6 Å². The van der Waals surface area contributed by atoms with Crippen molar-refractivity contribution in [3.8, 4) is 22.1 Å². The number of nitrogens with one attached hydrogen (secondary N) is 1. The molecule has 0 spiro atoms. The van der Waals surface area contributed by atoms with Gasteiger partial charge in [-0.05, 0) is 31.2 Å². The number of alkyl halides is 3. The molecule has 176 valence electrons. The maximum atomic E-state index is 13.6. The summed E-state index contributed by atoms with van der Waals surface area (Å²) in [5.74, 6) is -0.393. The first-order valence-corrected chi connectivity index (χ1v) is 11.3. The number of hydrogen-bond acceptors (Lipinski definition) is 5. The second-order valence-corrected chi connectivity index (χ2v) is 8.58. The van der Waals surface area contributed by atoms with Gasteiger partial charge in [-0.15, -0.1) is 13.2 Å². The molecule has 0 saturated heterocycles. The van der Waals surface area contributed by atoms with Gasteiger partial charge in [-0.25, -0.2) is 4.98 Å². The molecule has 6 nitrogen and oxygen atoms in total. The molecule has 1 N–H and O–H groups in total. The van der Waals surface area contributed by atoms with Gasteiger partial charge in [0, 0.05) is 11.6 Å². The van der Waals surface area contributed by atoms with Crippen LogP contribution < -0.4 is 10.3 Å².